The predicted molar refractivity (Wildman–Crippen MR) is 88.4 cm³/mol. The highest BCUT2D eigenvalue weighted by Gasteiger charge is 2.21. The summed E-state index contributed by atoms with van der Waals surface area (Å²) in [4.78, 5) is 26.9. The summed E-state index contributed by atoms with van der Waals surface area (Å²) in [6.45, 7) is 8.44. The van der Waals surface area contributed by atoms with Gasteiger partial charge in [-0.25, -0.2) is 0 Å². The monoisotopic (exact) mass is 343 g/mol. The van der Waals surface area contributed by atoms with Gasteiger partial charge in [0.2, 0.25) is 16.9 Å². The molecule has 2 amide bonds. The van der Waals surface area contributed by atoms with Crippen LogP contribution in [0.2, 0.25) is 0 Å². The van der Waals surface area contributed by atoms with Gasteiger partial charge in [0.05, 0.1) is 5.75 Å². The smallest absolute Gasteiger partial charge is 0.230 e. The van der Waals surface area contributed by atoms with Crippen molar-refractivity contribution in [1.82, 2.24) is 20.4 Å². The van der Waals surface area contributed by atoms with Crippen LogP contribution in [-0.2, 0) is 9.59 Å². The summed E-state index contributed by atoms with van der Waals surface area (Å²) in [7, 11) is 0. The Morgan fingerprint density at radius 2 is 1.95 bits per heavy atom. The molecule has 1 aliphatic heterocycles. The largest absolute Gasteiger partial charge is 0.353 e. The third kappa shape index (κ3) is 4.84. The maximum atomic E-state index is 11.6. The number of hydrogen-bond acceptors (Lipinski definition) is 7. The van der Waals surface area contributed by atoms with E-state index in [0.29, 0.717) is 18.8 Å². The lowest BCUT2D eigenvalue weighted by Crippen LogP contribution is -2.48. The van der Waals surface area contributed by atoms with E-state index in [0.717, 1.165) is 22.6 Å². The molecule has 0 saturated carbocycles. The van der Waals surface area contributed by atoms with Crippen molar-refractivity contribution in [2.75, 3.05) is 36.8 Å². The van der Waals surface area contributed by atoms with Crippen molar-refractivity contribution in [3.63, 3.8) is 0 Å². The van der Waals surface area contributed by atoms with Crippen LogP contribution in [0.15, 0.2) is 4.34 Å². The number of piperazine rings is 1. The molecule has 1 aromatic rings. The zero-order valence-corrected chi connectivity index (χ0v) is 14.7. The summed E-state index contributed by atoms with van der Waals surface area (Å²) in [6, 6.07) is 0.149. The van der Waals surface area contributed by atoms with Gasteiger partial charge in [-0.2, -0.15) is 0 Å². The molecule has 0 spiro atoms. The van der Waals surface area contributed by atoms with Crippen LogP contribution in [0, 0.1) is 0 Å². The van der Waals surface area contributed by atoms with Gasteiger partial charge in [-0.15, -0.1) is 10.2 Å². The molecular weight excluding hydrogens is 322 g/mol. The molecule has 1 fully saturated rings. The van der Waals surface area contributed by atoms with Crippen molar-refractivity contribution in [2.24, 2.45) is 0 Å². The number of hydrogen-bond donors (Lipinski definition) is 1. The number of aromatic nitrogens is 2. The lowest BCUT2D eigenvalue weighted by atomic mass is 10.3. The molecule has 1 aliphatic rings. The molecule has 0 unspecified atom stereocenters. The van der Waals surface area contributed by atoms with Crippen LogP contribution < -0.4 is 10.2 Å². The van der Waals surface area contributed by atoms with Gasteiger partial charge in [0.15, 0.2) is 4.34 Å². The molecule has 2 heterocycles. The molecule has 2 rings (SSSR count). The highest BCUT2D eigenvalue weighted by Crippen LogP contribution is 2.28. The Kier molecular flexibility index (Phi) is 6.01. The van der Waals surface area contributed by atoms with E-state index in [1.807, 2.05) is 18.7 Å². The number of carbonyl (C=O) groups excluding carboxylic acids is 2. The Morgan fingerprint density at radius 1 is 1.27 bits per heavy atom. The van der Waals surface area contributed by atoms with Crippen molar-refractivity contribution in [1.29, 1.82) is 0 Å². The second-order valence-electron chi connectivity index (χ2n) is 5.35. The first-order valence-electron chi connectivity index (χ1n) is 7.22. The van der Waals surface area contributed by atoms with Gasteiger partial charge >= 0.3 is 0 Å². The molecule has 0 radical (unpaired) electrons. The molecule has 1 saturated heterocycles. The van der Waals surface area contributed by atoms with Gasteiger partial charge in [0, 0.05) is 39.1 Å². The molecule has 1 aromatic heterocycles. The lowest BCUT2D eigenvalue weighted by Gasteiger charge is -2.33. The molecule has 0 aliphatic carbocycles. The molecule has 0 atom stereocenters. The fraction of sp³-hybridized carbons (Fsp3) is 0.692. The maximum absolute atomic E-state index is 11.6. The minimum absolute atomic E-state index is 0.00632. The van der Waals surface area contributed by atoms with E-state index < -0.39 is 0 Å². The Morgan fingerprint density at radius 3 is 2.55 bits per heavy atom. The highest BCUT2D eigenvalue weighted by atomic mass is 32.2. The number of thioether (sulfide) groups is 1. The summed E-state index contributed by atoms with van der Waals surface area (Å²) in [5.41, 5.74) is 0. The standard InChI is InChI=1S/C13H21N5O2S2/c1-9(2)14-11(20)8-21-13-16-15-12(22-13)18-6-4-17(5-7-18)10(3)19/h9H,4-8H2,1-3H3,(H,14,20). The van der Waals surface area contributed by atoms with Gasteiger partial charge in [-0.3, -0.25) is 9.59 Å². The van der Waals surface area contributed by atoms with Gasteiger partial charge in [-0.1, -0.05) is 23.1 Å². The van der Waals surface area contributed by atoms with Crippen LogP contribution in [0.4, 0.5) is 5.13 Å². The van der Waals surface area contributed by atoms with E-state index in [1.54, 1.807) is 6.92 Å². The van der Waals surface area contributed by atoms with Crippen molar-refractivity contribution in [3.8, 4) is 0 Å². The third-order valence-corrected chi connectivity index (χ3v) is 5.29. The van der Waals surface area contributed by atoms with E-state index in [2.05, 4.69) is 20.4 Å². The Bertz CT molecular complexity index is 526. The van der Waals surface area contributed by atoms with E-state index in [1.165, 1.54) is 23.1 Å². The first-order chi connectivity index (χ1) is 10.5. The average molecular weight is 343 g/mol. The minimum Gasteiger partial charge on any atom is -0.353 e. The zero-order valence-electron chi connectivity index (χ0n) is 13.0. The average Bonchev–Trinajstić information content (AvgIpc) is 2.93. The summed E-state index contributed by atoms with van der Waals surface area (Å²) < 4.78 is 0.794. The van der Waals surface area contributed by atoms with Crippen LogP contribution in [0.1, 0.15) is 20.8 Å². The van der Waals surface area contributed by atoms with Crippen LogP contribution in [0.5, 0.6) is 0 Å². The fourth-order valence-electron chi connectivity index (χ4n) is 2.09. The molecular formula is C13H21N5O2S2. The number of amides is 2. The number of carbonyl (C=O) groups is 2. The topological polar surface area (TPSA) is 78.4 Å². The van der Waals surface area contributed by atoms with E-state index in [4.69, 9.17) is 0 Å². The quantitative estimate of drug-likeness (QED) is 0.798. The van der Waals surface area contributed by atoms with E-state index in [-0.39, 0.29) is 17.9 Å². The van der Waals surface area contributed by atoms with Gasteiger partial charge < -0.3 is 15.1 Å². The second kappa shape index (κ2) is 7.77. The van der Waals surface area contributed by atoms with Crippen molar-refractivity contribution in [2.45, 2.75) is 31.2 Å². The highest BCUT2D eigenvalue weighted by molar-refractivity contribution is 8.01. The van der Waals surface area contributed by atoms with E-state index >= 15 is 0 Å². The first-order valence-corrected chi connectivity index (χ1v) is 9.02. The van der Waals surface area contributed by atoms with Crippen molar-refractivity contribution in [3.05, 3.63) is 0 Å². The van der Waals surface area contributed by atoms with Crippen molar-refractivity contribution < 1.29 is 9.59 Å². The summed E-state index contributed by atoms with van der Waals surface area (Å²) in [5.74, 6) is 0.474. The normalized spacial score (nSPS) is 15.3. The number of nitrogens with one attached hydrogen (secondary N) is 1. The fourth-order valence-corrected chi connectivity index (χ4v) is 3.80. The predicted octanol–water partition coefficient (Wildman–Crippen LogP) is 0.823. The van der Waals surface area contributed by atoms with Crippen LogP contribution in [-0.4, -0.2) is 64.9 Å². The Labute approximate surface area is 138 Å². The van der Waals surface area contributed by atoms with Crippen LogP contribution in [0.3, 0.4) is 0 Å². The first kappa shape index (κ1) is 17.0. The summed E-state index contributed by atoms with van der Waals surface area (Å²) >= 11 is 2.90. The van der Waals surface area contributed by atoms with Gasteiger partial charge in [0.25, 0.3) is 0 Å². The Hall–Kier alpha value is -1.35. The molecule has 9 heteroatoms. The molecule has 0 aromatic carbocycles. The molecule has 1 N–H and O–H groups in total. The zero-order chi connectivity index (χ0) is 16.1. The molecule has 122 valence electrons. The lowest BCUT2D eigenvalue weighted by molar-refractivity contribution is -0.129. The van der Waals surface area contributed by atoms with Gasteiger partial charge in [0.1, 0.15) is 0 Å². The summed E-state index contributed by atoms with van der Waals surface area (Å²) in [6.07, 6.45) is 0. The number of nitrogens with zero attached hydrogens (tertiary/aromatic N) is 4. The van der Waals surface area contributed by atoms with E-state index in [9.17, 15) is 9.59 Å². The van der Waals surface area contributed by atoms with Crippen molar-refractivity contribution >= 4 is 40.0 Å². The minimum atomic E-state index is 0.00632. The SMILES string of the molecule is CC(=O)N1CCN(c2nnc(SCC(=O)NC(C)C)s2)CC1. The third-order valence-electron chi connectivity index (χ3n) is 3.17. The van der Waals surface area contributed by atoms with Crippen LogP contribution >= 0.6 is 23.1 Å². The number of anilines is 1. The number of rotatable bonds is 5. The maximum Gasteiger partial charge on any atom is 0.230 e. The van der Waals surface area contributed by atoms with Gasteiger partial charge in [-0.05, 0) is 13.8 Å². The molecule has 7 nitrogen and oxygen atoms in total. The van der Waals surface area contributed by atoms with Crippen LogP contribution in [0.25, 0.3) is 0 Å². The summed E-state index contributed by atoms with van der Waals surface area (Å²) in [5, 5.41) is 12.0. The second-order valence-corrected chi connectivity index (χ2v) is 7.53. The molecule has 22 heavy (non-hydrogen) atoms. The molecule has 0 bridgehead atoms. The Balaban J connectivity index is 1.82.